The summed E-state index contributed by atoms with van der Waals surface area (Å²) in [6, 6.07) is 6.60. The number of aromatic nitrogens is 3. The molecular formula is C17H13ClN4O2. The van der Waals surface area contributed by atoms with Crippen molar-refractivity contribution in [2.45, 2.75) is 6.92 Å². The van der Waals surface area contributed by atoms with Gasteiger partial charge in [-0.05, 0) is 36.8 Å². The van der Waals surface area contributed by atoms with E-state index in [9.17, 15) is 4.79 Å². The molecule has 0 saturated carbocycles. The molecule has 1 N–H and O–H groups in total. The highest BCUT2D eigenvalue weighted by molar-refractivity contribution is 6.31. The fraction of sp³-hybridized carbons (Fsp3) is 0.0588. The Labute approximate surface area is 143 Å². The van der Waals surface area contributed by atoms with Gasteiger partial charge in [0, 0.05) is 16.8 Å². The molecule has 0 spiro atoms. The Morgan fingerprint density at radius 3 is 2.54 bits per heavy atom. The minimum absolute atomic E-state index is 0.306. The van der Waals surface area contributed by atoms with Crippen molar-refractivity contribution >= 4 is 23.2 Å². The Morgan fingerprint density at radius 2 is 1.79 bits per heavy atom. The first-order valence-corrected chi connectivity index (χ1v) is 7.44. The maximum Gasteiger partial charge on any atom is 0.255 e. The smallest absolute Gasteiger partial charge is 0.255 e. The van der Waals surface area contributed by atoms with Gasteiger partial charge in [0.1, 0.15) is 12.1 Å². The summed E-state index contributed by atoms with van der Waals surface area (Å²) in [4.78, 5) is 24.2. The molecule has 24 heavy (non-hydrogen) atoms. The summed E-state index contributed by atoms with van der Waals surface area (Å²) in [5.41, 5.74) is 1.93. The predicted molar refractivity (Wildman–Crippen MR) is 90.5 cm³/mol. The van der Waals surface area contributed by atoms with Crippen molar-refractivity contribution in [1.29, 1.82) is 0 Å². The van der Waals surface area contributed by atoms with Crippen molar-refractivity contribution in [3.8, 4) is 11.5 Å². The molecule has 2 heterocycles. The van der Waals surface area contributed by atoms with E-state index in [0.717, 1.165) is 5.56 Å². The average Bonchev–Trinajstić information content (AvgIpc) is 2.55. The molecule has 0 radical (unpaired) electrons. The first-order chi connectivity index (χ1) is 11.6. The number of carbonyl (C=O) groups excluding carboxylic acids is 1. The second kappa shape index (κ2) is 7.06. The van der Waals surface area contributed by atoms with Crippen LogP contribution in [0.15, 0.2) is 55.4 Å². The number of amides is 1. The number of hydrogen-bond acceptors (Lipinski definition) is 5. The van der Waals surface area contributed by atoms with E-state index in [1.54, 1.807) is 30.6 Å². The Kier molecular flexibility index (Phi) is 4.67. The maximum atomic E-state index is 12.4. The zero-order chi connectivity index (χ0) is 16.9. The van der Waals surface area contributed by atoms with Crippen LogP contribution in [0, 0.1) is 6.92 Å². The Balaban J connectivity index is 1.81. The van der Waals surface area contributed by atoms with Gasteiger partial charge in [0.25, 0.3) is 5.91 Å². The van der Waals surface area contributed by atoms with Gasteiger partial charge in [-0.2, -0.15) is 0 Å². The highest BCUT2D eigenvalue weighted by Gasteiger charge is 2.10. The van der Waals surface area contributed by atoms with E-state index in [-0.39, 0.29) is 5.91 Å². The van der Waals surface area contributed by atoms with Crippen molar-refractivity contribution in [2.75, 3.05) is 5.32 Å². The molecule has 0 unspecified atom stereocenters. The molecule has 2 aromatic heterocycles. The lowest BCUT2D eigenvalue weighted by Crippen LogP contribution is -2.12. The normalized spacial score (nSPS) is 10.2. The van der Waals surface area contributed by atoms with Crippen LogP contribution in [0.25, 0.3) is 0 Å². The number of nitrogens with one attached hydrogen (secondary N) is 1. The molecule has 3 aromatic rings. The fourth-order valence-corrected chi connectivity index (χ4v) is 2.28. The van der Waals surface area contributed by atoms with Crippen molar-refractivity contribution in [3.05, 3.63) is 71.5 Å². The van der Waals surface area contributed by atoms with Crippen LogP contribution < -0.4 is 10.1 Å². The summed E-state index contributed by atoms with van der Waals surface area (Å²) < 4.78 is 5.62. The van der Waals surface area contributed by atoms with Crippen molar-refractivity contribution in [3.63, 3.8) is 0 Å². The third kappa shape index (κ3) is 4.05. The Bertz CT molecular complexity index is 871. The molecule has 0 aliphatic rings. The number of carbonyl (C=O) groups is 1. The number of benzene rings is 1. The van der Waals surface area contributed by atoms with E-state index >= 15 is 0 Å². The number of aryl methyl sites for hydroxylation is 1. The van der Waals surface area contributed by atoms with Gasteiger partial charge >= 0.3 is 0 Å². The molecule has 120 valence electrons. The van der Waals surface area contributed by atoms with Crippen LogP contribution in [0.1, 0.15) is 15.9 Å². The molecular weight excluding hydrogens is 328 g/mol. The zero-order valence-electron chi connectivity index (χ0n) is 12.7. The number of rotatable bonds is 4. The van der Waals surface area contributed by atoms with Crippen LogP contribution in [0.3, 0.4) is 0 Å². The summed E-state index contributed by atoms with van der Waals surface area (Å²) in [5.74, 6) is 0.567. The number of pyridine rings is 1. The van der Waals surface area contributed by atoms with Gasteiger partial charge in [-0.25, -0.2) is 9.97 Å². The zero-order valence-corrected chi connectivity index (χ0v) is 13.5. The van der Waals surface area contributed by atoms with E-state index in [2.05, 4.69) is 20.3 Å². The van der Waals surface area contributed by atoms with Gasteiger partial charge < -0.3 is 10.1 Å². The van der Waals surface area contributed by atoms with Crippen LogP contribution in [-0.4, -0.2) is 20.9 Å². The fourth-order valence-electron chi connectivity index (χ4n) is 2.05. The Hall–Kier alpha value is -2.99. The number of ether oxygens (including phenoxy) is 1. The van der Waals surface area contributed by atoms with Gasteiger partial charge in [0.05, 0.1) is 24.3 Å². The van der Waals surface area contributed by atoms with Crippen molar-refractivity contribution < 1.29 is 9.53 Å². The van der Waals surface area contributed by atoms with Crippen LogP contribution in [0.2, 0.25) is 5.02 Å². The largest absolute Gasteiger partial charge is 0.454 e. The lowest BCUT2D eigenvalue weighted by atomic mass is 10.2. The number of halogens is 1. The average molecular weight is 341 g/mol. The van der Waals surface area contributed by atoms with Crippen LogP contribution >= 0.6 is 11.6 Å². The minimum atomic E-state index is -0.306. The third-order valence-corrected chi connectivity index (χ3v) is 3.26. The van der Waals surface area contributed by atoms with Gasteiger partial charge in [0.15, 0.2) is 5.75 Å². The van der Waals surface area contributed by atoms with E-state index in [1.807, 2.05) is 13.0 Å². The van der Waals surface area contributed by atoms with Crippen LogP contribution in [0.4, 0.5) is 5.69 Å². The first kappa shape index (κ1) is 15.9. The molecule has 0 aliphatic heterocycles. The lowest BCUT2D eigenvalue weighted by Gasteiger charge is -2.09. The summed E-state index contributed by atoms with van der Waals surface area (Å²) in [7, 11) is 0. The lowest BCUT2D eigenvalue weighted by molar-refractivity contribution is 0.102. The van der Waals surface area contributed by atoms with Gasteiger partial charge in [0.2, 0.25) is 0 Å². The summed E-state index contributed by atoms with van der Waals surface area (Å²) >= 11 is 6.08. The van der Waals surface area contributed by atoms with E-state index in [0.29, 0.717) is 27.8 Å². The second-order valence-electron chi connectivity index (χ2n) is 5.06. The topological polar surface area (TPSA) is 77.0 Å². The van der Waals surface area contributed by atoms with E-state index in [4.69, 9.17) is 16.3 Å². The summed E-state index contributed by atoms with van der Waals surface area (Å²) in [5, 5.41) is 3.16. The monoisotopic (exact) mass is 340 g/mol. The van der Waals surface area contributed by atoms with Crippen LogP contribution in [-0.2, 0) is 0 Å². The first-order valence-electron chi connectivity index (χ1n) is 7.06. The highest BCUT2D eigenvalue weighted by atomic mass is 35.5. The molecule has 0 saturated heterocycles. The van der Waals surface area contributed by atoms with Gasteiger partial charge in [-0.15, -0.1) is 0 Å². The third-order valence-electron chi connectivity index (χ3n) is 3.04. The maximum absolute atomic E-state index is 12.4. The number of nitrogens with zero attached hydrogens (tertiary/aromatic N) is 3. The molecule has 1 aromatic carbocycles. The highest BCUT2D eigenvalue weighted by Crippen LogP contribution is 2.26. The van der Waals surface area contributed by atoms with Gasteiger partial charge in [-0.3, -0.25) is 9.78 Å². The quantitative estimate of drug-likeness (QED) is 0.780. The molecule has 6 nitrogen and oxygen atoms in total. The standard InChI is InChI=1S/C17H13ClN4O2/c1-11-2-14(7-19-6-11)22-17(23)12-3-13(18)5-15(4-12)24-16-8-20-10-21-9-16/h2-10H,1H3,(H,22,23). The minimum Gasteiger partial charge on any atom is -0.454 e. The van der Waals surface area contributed by atoms with Crippen molar-refractivity contribution in [1.82, 2.24) is 15.0 Å². The molecule has 0 aliphatic carbocycles. The Morgan fingerprint density at radius 1 is 1.00 bits per heavy atom. The molecule has 7 heteroatoms. The number of anilines is 1. The summed E-state index contributed by atoms with van der Waals surface area (Å²) in [6.07, 6.45) is 7.73. The van der Waals surface area contributed by atoms with E-state index in [1.165, 1.54) is 18.7 Å². The second-order valence-corrected chi connectivity index (χ2v) is 5.49. The van der Waals surface area contributed by atoms with Crippen LogP contribution in [0.5, 0.6) is 11.5 Å². The molecule has 0 fully saturated rings. The van der Waals surface area contributed by atoms with E-state index < -0.39 is 0 Å². The predicted octanol–water partition coefficient (Wildman–Crippen LogP) is 3.88. The number of hydrogen-bond donors (Lipinski definition) is 1. The SMILES string of the molecule is Cc1cncc(NC(=O)c2cc(Cl)cc(Oc3cncnc3)c2)c1. The molecule has 0 bridgehead atoms. The molecule has 3 rings (SSSR count). The molecule has 0 atom stereocenters. The summed E-state index contributed by atoms with van der Waals surface area (Å²) in [6.45, 7) is 1.90. The van der Waals surface area contributed by atoms with Gasteiger partial charge in [-0.1, -0.05) is 11.6 Å². The molecule has 1 amide bonds. The van der Waals surface area contributed by atoms with Crippen molar-refractivity contribution in [2.24, 2.45) is 0 Å².